The van der Waals surface area contributed by atoms with E-state index >= 15 is 0 Å². The van der Waals surface area contributed by atoms with Crippen molar-refractivity contribution < 1.29 is 33.7 Å². The van der Waals surface area contributed by atoms with Crippen LogP contribution in [0.15, 0.2) is 72.8 Å². The number of halogens is 1. The molecule has 38 heavy (non-hydrogen) atoms. The molecule has 0 spiro atoms. The smallest absolute Gasteiger partial charge is 0.255 e. The first-order valence-electron chi connectivity index (χ1n) is 12.2. The minimum Gasteiger partial charge on any atom is -0.493 e. The Morgan fingerprint density at radius 3 is 2.32 bits per heavy atom. The summed E-state index contributed by atoms with van der Waals surface area (Å²) in [6, 6.07) is 20.1. The molecular formula is C29H33FN2O6. The topological polar surface area (TPSA) is 108 Å². The number of carbonyl (C=O) groups is 2. The molecule has 0 aliphatic rings. The largest absolute Gasteiger partial charge is 0.493 e. The van der Waals surface area contributed by atoms with Crippen LogP contribution in [-0.4, -0.2) is 66.5 Å². The number of nitrogens with zero attached hydrogens (tertiary/aromatic N) is 1. The minimum atomic E-state index is -1.96. The zero-order valence-corrected chi connectivity index (χ0v) is 21.6. The molecule has 202 valence electrons. The van der Waals surface area contributed by atoms with E-state index in [-0.39, 0.29) is 13.2 Å². The highest BCUT2D eigenvalue weighted by Crippen LogP contribution is 2.31. The SMILES string of the molecule is CCOc1cc(F)ccc1-c1ccc(CNC(=O)[C@H](O)[C@@H](O)C(=O)N(C)[C@H](COC)c2ccccc2)cc1. The van der Waals surface area contributed by atoms with Gasteiger partial charge in [-0.3, -0.25) is 9.59 Å². The molecule has 9 heteroatoms. The minimum absolute atomic E-state index is 0.0605. The third-order valence-electron chi connectivity index (χ3n) is 6.12. The maximum atomic E-state index is 13.6. The summed E-state index contributed by atoms with van der Waals surface area (Å²) < 4.78 is 24.4. The summed E-state index contributed by atoms with van der Waals surface area (Å²) in [5.74, 6) is -1.66. The van der Waals surface area contributed by atoms with Gasteiger partial charge in [-0.2, -0.15) is 0 Å². The van der Waals surface area contributed by atoms with Crippen molar-refractivity contribution in [3.05, 3.63) is 89.7 Å². The average Bonchev–Trinajstić information content (AvgIpc) is 2.94. The van der Waals surface area contributed by atoms with Crippen molar-refractivity contribution in [1.82, 2.24) is 10.2 Å². The van der Waals surface area contributed by atoms with Crippen molar-refractivity contribution in [2.45, 2.75) is 31.7 Å². The van der Waals surface area contributed by atoms with Crippen LogP contribution in [0.1, 0.15) is 24.1 Å². The highest BCUT2D eigenvalue weighted by molar-refractivity contribution is 5.90. The van der Waals surface area contributed by atoms with Gasteiger partial charge in [-0.25, -0.2) is 4.39 Å². The van der Waals surface area contributed by atoms with Crippen molar-refractivity contribution in [1.29, 1.82) is 0 Å². The van der Waals surface area contributed by atoms with E-state index in [1.54, 1.807) is 30.3 Å². The lowest BCUT2D eigenvalue weighted by Gasteiger charge is -2.30. The third kappa shape index (κ3) is 7.16. The quantitative estimate of drug-likeness (QED) is 0.336. The van der Waals surface area contributed by atoms with Gasteiger partial charge in [-0.1, -0.05) is 54.6 Å². The van der Waals surface area contributed by atoms with E-state index in [0.29, 0.717) is 12.4 Å². The van der Waals surface area contributed by atoms with E-state index in [1.165, 1.54) is 31.2 Å². The second-order valence-corrected chi connectivity index (χ2v) is 8.71. The first kappa shape index (κ1) is 28.8. The average molecular weight is 525 g/mol. The fourth-order valence-corrected chi connectivity index (χ4v) is 4.01. The molecule has 3 N–H and O–H groups in total. The van der Waals surface area contributed by atoms with Crippen molar-refractivity contribution >= 4 is 11.8 Å². The zero-order chi connectivity index (χ0) is 27.7. The number of hydrogen-bond acceptors (Lipinski definition) is 6. The van der Waals surface area contributed by atoms with Crippen LogP contribution in [0.25, 0.3) is 11.1 Å². The number of amides is 2. The van der Waals surface area contributed by atoms with Crippen LogP contribution in [0.3, 0.4) is 0 Å². The number of nitrogens with one attached hydrogen (secondary N) is 1. The Balaban J connectivity index is 1.61. The number of benzene rings is 3. The number of likely N-dealkylation sites (N-methyl/N-ethyl adjacent to an activating group) is 1. The Kier molecular flexibility index (Phi) is 10.3. The molecule has 0 aliphatic carbocycles. The second-order valence-electron chi connectivity index (χ2n) is 8.71. The normalized spacial score (nSPS) is 13.3. The molecule has 3 aromatic rings. The van der Waals surface area contributed by atoms with Crippen LogP contribution < -0.4 is 10.1 Å². The van der Waals surface area contributed by atoms with E-state index in [1.807, 2.05) is 37.3 Å². The van der Waals surface area contributed by atoms with Gasteiger partial charge in [0.15, 0.2) is 12.2 Å². The van der Waals surface area contributed by atoms with Gasteiger partial charge in [0.05, 0.1) is 19.3 Å². The Morgan fingerprint density at radius 1 is 1.00 bits per heavy atom. The molecule has 0 saturated heterocycles. The predicted octanol–water partition coefficient (Wildman–Crippen LogP) is 3.08. The molecule has 0 bridgehead atoms. The molecule has 0 unspecified atom stereocenters. The number of aliphatic hydroxyl groups is 2. The summed E-state index contributed by atoms with van der Waals surface area (Å²) in [4.78, 5) is 26.6. The van der Waals surface area contributed by atoms with Crippen molar-refractivity contribution in [3.63, 3.8) is 0 Å². The lowest BCUT2D eigenvalue weighted by molar-refractivity contribution is -0.154. The van der Waals surface area contributed by atoms with Gasteiger partial charge < -0.3 is 29.9 Å². The predicted molar refractivity (Wildman–Crippen MR) is 141 cm³/mol. The fourth-order valence-electron chi connectivity index (χ4n) is 4.01. The molecule has 2 amide bonds. The highest BCUT2D eigenvalue weighted by atomic mass is 19.1. The van der Waals surface area contributed by atoms with E-state index in [2.05, 4.69) is 5.32 Å². The van der Waals surface area contributed by atoms with Gasteiger partial charge in [0, 0.05) is 32.3 Å². The molecule has 0 aromatic heterocycles. The van der Waals surface area contributed by atoms with E-state index < -0.39 is 35.9 Å². The van der Waals surface area contributed by atoms with Crippen LogP contribution in [0.4, 0.5) is 4.39 Å². The van der Waals surface area contributed by atoms with Crippen molar-refractivity contribution in [2.24, 2.45) is 0 Å². The molecule has 0 aliphatic heterocycles. The monoisotopic (exact) mass is 524 g/mol. The molecule has 0 radical (unpaired) electrons. The Morgan fingerprint density at radius 2 is 1.68 bits per heavy atom. The van der Waals surface area contributed by atoms with Gasteiger partial charge in [-0.15, -0.1) is 0 Å². The van der Waals surface area contributed by atoms with Crippen molar-refractivity contribution in [3.8, 4) is 16.9 Å². The second kappa shape index (κ2) is 13.7. The van der Waals surface area contributed by atoms with Gasteiger partial charge in [0.25, 0.3) is 11.8 Å². The first-order chi connectivity index (χ1) is 18.3. The Bertz CT molecular complexity index is 1210. The summed E-state index contributed by atoms with van der Waals surface area (Å²) in [7, 11) is 2.98. The van der Waals surface area contributed by atoms with Crippen molar-refractivity contribution in [2.75, 3.05) is 27.4 Å². The maximum Gasteiger partial charge on any atom is 0.255 e. The van der Waals surface area contributed by atoms with Gasteiger partial charge in [0.1, 0.15) is 11.6 Å². The molecule has 0 heterocycles. The van der Waals surface area contributed by atoms with Gasteiger partial charge in [-0.05, 0) is 35.7 Å². The van der Waals surface area contributed by atoms with Crippen LogP contribution >= 0.6 is 0 Å². The van der Waals surface area contributed by atoms with E-state index in [9.17, 15) is 24.2 Å². The van der Waals surface area contributed by atoms with Crippen LogP contribution in [-0.2, 0) is 20.9 Å². The van der Waals surface area contributed by atoms with Crippen LogP contribution in [0.2, 0.25) is 0 Å². The summed E-state index contributed by atoms with van der Waals surface area (Å²) >= 11 is 0. The van der Waals surface area contributed by atoms with E-state index in [4.69, 9.17) is 9.47 Å². The van der Waals surface area contributed by atoms with Crippen LogP contribution in [0, 0.1) is 5.82 Å². The molecule has 0 fully saturated rings. The fraction of sp³-hybridized carbons (Fsp3) is 0.310. The number of aliphatic hydroxyl groups excluding tert-OH is 2. The summed E-state index contributed by atoms with van der Waals surface area (Å²) in [6.07, 6.45) is -3.92. The molecule has 3 aromatic carbocycles. The number of rotatable bonds is 12. The molecule has 3 atom stereocenters. The number of hydrogen-bond donors (Lipinski definition) is 3. The molecular weight excluding hydrogens is 491 g/mol. The van der Waals surface area contributed by atoms with Crippen LogP contribution in [0.5, 0.6) is 5.75 Å². The third-order valence-corrected chi connectivity index (χ3v) is 6.12. The standard InChI is InChI=1S/C29H33FN2O6/c1-4-38-25-16-22(30)14-15-23(25)20-12-10-19(11-13-20)17-31-28(35)26(33)27(34)29(36)32(2)24(18-37-3)21-8-6-5-7-9-21/h5-16,24,26-27,33-34H,4,17-18H2,1-3H3,(H,31,35)/t24-,26-,27-/m1/s1. The summed E-state index contributed by atoms with van der Waals surface area (Å²) in [6.45, 7) is 2.44. The zero-order valence-electron chi connectivity index (χ0n) is 21.6. The Labute approximate surface area is 221 Å². The lowest BCUT2D eigenvalue weighted by Crippen LogP contribution is -2.50. The Hall–Kier alpha value is -3.79. The maximum absolute atomic E-state index is 13.6. The first-order valence-corrected chi connectivity index (χ1v) is 12.2. The summed E-state index contributed by atoms with van der Waals surface area (Å²) in [5.41, 5.74) is 3.04. The number of methoxy groups -OCH3 is 1. The van der Waals surface area contributed by atoms with E-state index in [0.717, 1.165) is 22.3 Å². The highest BCUT2D eigenvalue weighted by Gasteiger charge is 2.34. The summed E-state index contributed by atoms with van der Waals surface area (Å²) in [5, 5.41) is 23.4. The molecule has 8 nitrogen and oxygen atoms in total. The van der Waals surface area contributed by atoms with Gasteiger partial charge >= 0.3 is 0 Å². The number of ether oxygens (including phenoxy) is 2. The molecule has 3 rings (SSSR count). The van der Waals surface area contributed by atoms with Gasteiger partial charge in [0.2, 0.25) is 0 Å². The lowest BCUT2D eigenvalue weighted by atomic mass is 10.0. The molecule has 0 saturated carbocycles. The number of carbonyl (C=O) groups excluding carboxylic acids is 2.